The Morgan fingerprint density at radius 2 is 1.42 bits per heavy atom. The molecule has 4 aliphatic rings. The van der Waals surface area contributed by atoms with Gasteiger partial charge in [-0.1, -0.05) is 30.3 Å². The summed E-state index contributed by atoms with van der Waals surface area (Å²) >= 11 is 0. The zero-order valence-electron chi connectivity index (χ0n) is 14.8. The summed E-state index contributed by atoms with van der Waals surface area (Å²) < 4.78 is 0. The summed E-state index contributed by atoms with van der Waals surface area (Å²) in [5, 5.41) is 8.06. The summed E-state index contributed by atoms with van der Waals surface area (Å²) in [4.78, 5) is 25.0. The molecule has 4 nitrogen and oxygen atoms in total. The van der Waals surface area contributed by atoms with E-state index in [1.165, 1.54) is 19.3 Å². The topological polar surface area (TPSA) is 58.2 Å². The minimum Gasteiger partial charge on any atom is -0.342 e. The Bertz CT molecular complexity index is 853. The van der Waals surface area contributed by atoms with Crippen molar-refractivity contribution in [2.24, 2.45) is 17.8 Å². The van der Waals surface area contributed by atoms with Crippen LogP contribution < -0.4 is 10.6 Å². The Morgan fingerprint density at radius 1 is 0.808 bits per heavy atom. The number of rotatable bonds is 2. The fourth-order valence-electron chi connectivity index (χ4n) is 6.02. The van der Waals surface area contributed by atoms with Crippen molar-refractivity contribution in [3.05, 3.63) is 42.5 Å². The summed E-state index contributed by atoms with van der Waals surface area (Å²) in [6.45, 7) is 0. The van der Waals surface area contributed by atoms with Gasteiger partial charge in [-0.3, -0.25) is 9.59 Å². The van der Waals surface area contributed by atoms with Gasteiger partial charge in [0.1, 0.15) is 0 Å². The third kappa shape index (κ3) is 2.77. The Balaban J connectivity index is 1.28. The lowest BCUT2D eigenvalue weighted by Gasteiger charge is -2.56. The van der Waals surface area contributed by atoms with Crippen LogP contribution in [0.25, 0.3) is 10.8 Å². The molecule has 0 atom stereocenters. The first-order valence-electron chi connectivity index (χ1n) is 9.71. The lowest BCUT2D eigenvalue weighted by Crippen LogP contribution is -2.61. The lowest BCUT2D eigenvalue weighted by molar-refractivity contribution is -0.139. The summed E-state index contributed by atoms with van der Waals surface area (Å²) in [6.07, 6.45) is 7.10. The van der Waals surface area contributed by atoms with E-state index < -0.39 is 11.8 Å². The van der Waals surface area contributed by atoms with Gasteiger partial charge in [0, 0.05) is 11.2 Å². The number of benzene rings is 2. The van der Waals surface area contributed by atoms with E-state index in [2.05, 4.69) is 10.6 Å². The molecular weight excluding hydrogens is 324 g/mol. The molecule has 0 spiro atoms. The van der Waals surface area contributed by atoms with E-state index in [4.69, 9.17) is 0 Å². The largest absolute Gasteiger partial charge is 0.342 e. The zero-order chi connectivity index (χ0) is 17.7. The SMILES string of the molecule is O=C(Nc1ccc2ccccc2c1)C(=O)NC12CC3CC(CC(C3)C1)C2. The van der Waals surface area contributed by atoms with E-state index in [1.54, 1.807) is 0 Å². The van der Waals surface area contributed by atoms with Crippen LogP contribution in [0.2, 0.25) is 0 Å². The van der Waals surface area contributed by atoms with Crippen LogP contribution in [0.15, 0.2) is 42.5 Å². The van der Waals surface area contributed by atoms with Crippen molar-refractivity contribution in [3.8, 4) is 0 Å². The van der Waals surface area contributed by atoms with Gasteiger partial charge in [-0.2, -0.15) is 0 Å². The van der Waals surface area contributed by atoms with E-state index in [9.17, 15) is 9.59 Å². The van der Waals surface area contributed by atoms with E-state index in [0.29, 0.717) is 5.69 Å². The highest BCUT2D eigenvalue weighted by molar-refractivity contribution is 6.39. The monoisotopic (exact) mass is 348 g/mol. The van der Waals surface area contributed by atoms with Crippen LogP contribution in [0.5, 0.6) is 0 Å². The molecule has 0 saturated heterocycles. The van der Waals surface area contributed by atoms with Crippen molar-refractivity contribution >= 4 is 28.3 Å². The summed E-state index contributed by atoms with van der Waals surface area (Å²) in [5.41, 5.74) is 0.529. The highest BCUT2D eigenvalue weighted by Gasteiger charge is 2.51. The average Bonchev–Trinajstić information content (AvgIpc) is 2.60. The molecule has 134 valence electrons. The fourth-order valence-corrected chi connectivity index (χ4v) is 6.02. The molecule has 6 rings (SSSR count). The van der Waals surface area contributed by atoms with Crippen LogP contribution in [-0.2, 0) is 9.59 Å². The van der Waals surface area contributed by atoms with Gasteiger partial charge in [-0.25, -0.2) is 0 Å². The van der Waals surface area contributed by atoms with E-state index in [1.807, 2.05) is 42.5 Å². The average molecular weight is 348 g/mol. The first-order valence-corrected chi connectivity index (χ1v) is 9.71. The van der Waals surface area contributed by atoms with Gasteiger partial charge in [-0.15, -0.1) is 0 Å². The van der Waals surface area contributed by atoms with Gasteiger partial charge in [0.05, 0.1) is 0 Å². The molecule has 0 aromatic heterocycles. The van der Waals surface area contributed by atoms with Crippen LogP contribution >= 0.6 is 0 Å². The van der Waals surface area contributed by atoms with Crippen molar-refractivity contribution in [1.82, 2.24) is 5.32 Å². The van der Waals surface area contributed by atoms with Crippen LogP contribution in [0.1, 0.15) is 38.5 Å². The maximum absolute atomic E-state index is 12.6. The molecule has 4 bridgehead atoms. The van der Waals surface area contributed by atoms with Crippen LogP contribution in [0.3, 0.4) is 0 Å². The Kier molecular flexibility index (Phi) is 3.56. The molecule has 2 N–H and O–H groups in total. The standard InChI is InChI=1S/C22H24N2O2/c25-20(23-19-6-5-17-3-1-2-4-18(17)10-19)21(26)24-22-11-14-7-15(12-22)9-16(8-14)13-22/h1-6,10,14-16H,7-9,11-13H2,(H,23,25)(H,24,26). The molecule has 26 heavy (non-hydrogen) atoms. The van der Waals surface area contributed by atoms with Crippen molar-refractivity contribution in [1.29, 1.82) is 0 Å². The highest BCUT2D eigenvalue weighted by atomic mass is 16.2. The first-order chi connectivity index (χ1) is 12.6. The molecule has 2 aromatic rings. The minimum atomic E-state index is -0.559. The molecule has 4 fully saturated rings. The highest BCUT2D eigenvalue weighted by Crippen LogP contribution is 2.55. The smallest absolute Gasteiger partial charge is 0.313 e. The van der Waals surface area contributed by atoms with Gasteiger partial charge in [-0.05, 0) is 79.2 Å². The summed E-state index contributed by atoms with van der Waals surface area (Å²) in [5.74, 6) is 1.18. The number of amides is 2. The van der Waals surface area contributed by atoms with Crippen molar-refractivity contribution in [2.45, 2.75) is 44.1 Å². The molecule has 4 saturated carbocycles. The fraction of sp³-hybridized carbons (Fsp3) is 0.455. The first kappa shape index (κ1) is 15.9. The third-order valence-electron chi connectivity index (χ3n) is 6.63. The van der Waals surface area contributed by atoms with Gasteiger partial charge < -0.3 is 10.6 Å². The number of fused-ring (bicyclic) bond motifs is 1. The molecule has 0 radical (unpaired) electrons. The number of anilines is 1. The van der Waals surface area contributed by atoms with Crippen molar-refractivity contribution in [2.75, 3.05) is 5.32 Å². The second-order valence-electron chi connectivity index (χ2n) is 8.67. The zero-order valence-corrected chi connectivity index (χ0v) is 14.8. The molecule has 0 aliphatic heterocycles. The maximum Gasteiger partial charge on any atom is 0.313 e. The minimum absolute atomic E-state index is 0.132. The molecule has 0 heterocycles. The quantitative estimate of drug-likeness (QED) is 0.810. The van der Waals surface area contributed by atoms with Crippen molar-refractivity contribution < 1.29 is 9.59 Å². The molecule has 4 heteroatoms. The van der Waals surface area contributed by atoms with Gasteiger partial charge >= 0.3 is 11.8 Å². The third-order valence-corrected chi connectivity index (χ3v) is 6.63. The predicted molar refractivity (Wildman–Crippen MR) is 102 cm³/mol. The summed E-state index contributed by atoms with van der Waals surface area (Å²) in [7, 11) is 0. The van der Waals surface area contributed by atoms with Crippen LogP contribution in [0, 0.1) is 17.8 Å². The van der Waals surface area contributed by atoms with Gasteiger partial charge in [0.15, 0.2) is 0 Å². The number of carbonyl (C=O) groups excluding carboxylic acids is 2. The van der Waals surface area contributed by atoms with Gasteiger partial charge in [0.25, 0.3) is 0 Å². The second-order valence-corrected chi connectivity index (χ2v) is 8.67. The Morgan fingerprint density at radius 3 is 2.08 bits per heavy atom. The molecule has 2 aromatic carbocycles. The van der Waals surface area contributed by atoms with Crippen LogP contribution in [-0.4, -0.2) is 17.4 Å². The molecule has 4 aliphatic carbocycles. The van der Waals surface area contributed by atoms with E-state index in [-0.39, 0.29) is 5.54 Å². The number of nitrogens with one attached hydrogen (secondary N) is 2. The number of hydrogen-bond donors (Lipinski definition) is 2. The number of hydrogen-bond acceptors (Lipinski definition) is 2. The van der Waals surface area contributed by atoms with E-state index in [0.717, 1.165) is 47.8 Å². The number of carbonyl (C=O) groups is 2. The van der Waals surface area contributed by atoms with E-state index >= 15 is 0 Å². The molecule has 2 amide bonds. The van der Waals surface area contributed by atoms with Crippen molar-refractivity contribution in [3.63, 3.8) is 0 Å². The second kappa shape index (κ2) is 5.83. The van der Waals surface area contributed by atoms with Gasteiger partial charge in [0.2, 0.25) is 0 Å². The Hall–Kier alpha value is -2.36. The summed E-state index contributed by atoms with van der Waals surface area (Å²) in [6, 6.07) is 13.7. The Labute approximate surface area is 153 Å². The normalized spacial score (nSPS) is 31.8. The molecular formula is C22H24N2O2. The molecule has 0 unspecified atom stereocenters. The predicted octanol–water partition coefficient (Wildman–Crippen LogP) is 3.86. The lowest BCUT2D eigenvalue weighted by atomic mass is 9.53. The van der Waals surface area contributed by atoms with Crippen LogP contribution in [0.4, 0.5) is 5.69 Å². The maximum atomic E-state index is 12.6.